The van der Waals surface area contributed by atoms with Crippen LogP contribution in [0, 0.1) is 20.8 Å². The molecule has 144 valence electrons. The lowest BCUT2D eigenvalue weighted by molar-refractivity contribution is 0.652. The van der Waals surface area contributed by atoms with E-state index in [9.17, 15) is 9.59 Å². The fraction of sp³-hybridized carbons (Fsp3) is 0.300. The van der Waals surface area contributed by atoms with E-state index in [1.807, 2.05) is 55.7 Å². The molecule has 8 heteroatoms. The van der Waals surface area contributed by atoms with Gasteiger partial charge in [0.25, 0.3) is 5.56 Å². The number of hydrogen-bond donors (Lipinski definition) is 1. The van der Waals surface area contributed by atoms with Crippen LogP contribution in [-0.2, 0) is 20.0 Å². The van der Waals surface area contributed by atoms with Gasteiger partial charge in [0.05, 0.1) is 5.69 Å². The molecule has 0 aliphatic heterocycles. The van der Waals surface area contributed by atoms with Crippen LogP contribution in [0.25, 0.3) is 17.1 Å². The van der Waals surface area contributed by atoms with Crippen LogP contribution >= 0.6 is 0 Å². The molecule has 4 rings (SSSR count). The Balaban J connectivity index is 1.96. The van der Waals surface area contributed by atoms with E-state index in [1.165, 1.54) is 4.57 Å². The SMILES string of the molecule is Cc1nn(-c2nc3c(c(=O)[nH]c(=O)n3C)n2CCc2ccccc2)c(C)c1C. The van der Waals surface area contributed by atoms with E-state index in [2.05, 4.69) is 15.1 Å². The van der Waals surface area contributed by atoms with Gasteiger partial charge in [-0.3, -0.25) is 14.3 Å². The van der Waals surface area contributed by atoms with Gasteiger partial charge in [-0.05, 0) is 38.3 Å². The van der Waals surface area contributed by atoms with Gasteiger partial charge in [0.1, 0.15) is 0 Å². The van der Waals surface area contributed by atoms with Crippen molar-refractivity contribution in [3.8, 4) is 5.95 Å². The van der Waals surface area contributed by atoms with Crippen molar-refractivity contribution < 1.29 is 0 Å². The summed E-state index contributed by atoms with van der Waals surface area (Å²) in [6.45, 7) is 6.46. The lowest BCUT2D eigenvalue weighted by Crippen LogP contribution is -2.29. The smallest absolute Gasteiger partial charge is 0.302 e. The molecule has 0 atom stereocenters. The molecule has 3 heterocycles. The van der Waals surface area contributed by atoms with Gasteiger partial charge in [0, 0.05) is 19.3 Å². The van der Waals surface area contributed by atoms with Crippen molar-refractivity contribution in [2.45, 2.75) is 33.7 Å². The van der Waals surface area contributed by atoms with E-state index in [-0.39, 0.29) is 0 Å². The number of imidazole rings is 1. The first-order valence-electron chi connectivity index (χ1n) is 9.15. The maximum absolute atomic E-state index is 12.6. The first-order valence-corrected chi connectivity index (χ1v) is 9.15. The van der Waals surface area contributed by atoms with Gasteiger partial charge >= 0.3 is 5.69 Å². The average Bonchev–Trinajstić information content (AvgIpc) is 3.19. The van der Waals surface area contributed by atoms with Crippen molar-refractivity contribution in [3.63, 3.8) is 0 Å². The molecular formula is C20H22N6O2. The minimum Gasteiger partial charge on any atom is -0.302 e. The predicted molar refractivity (Wildman–Crippen MR) is 107 cm³/mol. The molecule has 0 saturated heterocycles. The Labute approximate surface area is 161 Å². The van der Waals surface area contributed by atoms with Crippen LogP contribution < -0.4 is 11.2 Å². The highest BCUT2D eigenvalue weighted by Crippen LogP contribution is 2.20. The largest absolute Gasteiger partial charge is 0.329 e. The Morgan fingerprint density at radius 1 is 1.07 bits per heavy atom. The predicted octanol–water partition coefficient (Wildman–Crippen LogP) is 1.78. The Morgan fingerprint density at radius 2 is 1.79 bits per heavy atom. The normalized spacial score (nSPS) is 11.4. The average molecular weight is 378 g/mol. The molecule has 0 aliphatic carbocycles. The third kappa shape index (κ3) is 2.77. The molecule has 1 N–H and O–H groups in total. The van der Waals surface area contributed by atoms with Crippen molar-refractivity contribution in [2.24, 2.45) is 7.05 Å². The zero-order valence-electron chi connectivity index (χ0n) is 16.4. The first kappa shape index (κ1) is 18.0. The van der Waals surface area contributed by atoms with Gasteiger partial charge in [-0.15, -0.1) is 0 Å². The lowest BCUT2D eigenvalue weighted by Gasteiger charge is -2.10. The Morgan fingerprint density at radius 3 is 2.43 bits per heavy atom. The van der Waals surface area contributed by atoms with E-state index in [0.717, 1.165) is 28.9 Å². The van der Waals surface area contributed by atoms with Crippen molar-refractivity contribution in [2.75, 3.05) is 0 Å². The van der Waals surface area contributed by atoms with Crippen LogP contribution in [-0.4, -0.2) is 28.9 Å². The number of rotatable bonds is 4. The molecule has 0 saturated carbocycles. The first-order chi connectivity index (χ1) is 13.4. The van der Waals surface area contributed by atoms with E-state index >= 15 is 0 Å². The Kier molecular flexibility index (Phi) is 4.26. The minimum absolute atomic E-state index is 0.349. The molecular weight excluding hydrogens is 356 g/mol. The fourth-order valence-corrected chi connectivity index (χ4v) is 3.40. The molecule has 4 aromatic rings. The molecule has 28 heavy (non-hydrogen) atoms. The maximum atomic E-state index is 12.6. The number of aromatic nitrogens is 6. The van der Waals surface area contributed by atoms with Gasteiger partial charge in [0.2, 0.25) is 5.95 Å². The van der Waals surface area contributed by atoms with Crippen molar-refractivity contribution >= 4 is 11.2 Å². The topological polar surface area (TPSA) is 90.5 Å². The molecule has 3 aromatic heterocycles. The molecule has 0 radical (unpaired) electrons. The summed E-state index contributed by atoms with van der Waals surface area (Å²) in [7, 11) is 1.60. The van der Waals surface area contributed by atoms with E-state index in [1.54, 1.807) is 11.7 Å². The lowest BCUT2D eigenvalue weighted by atomic mass is 10.1. The summed E-state index contributed by atoms with van der Waals surface area (Å²) < 4.78 is 4.96. The number of fused-ring (bicyclic) bond motifs is 1. The monoisotopic (exact) mass is 378 g/mol. The van der Waals surface area contributed by atoms with E-state index in [0.29, 0.717) is 23.7 Å². The van der Waals surface area contributed by atoms with Crippen molar-refractivity contribution in [1.29, 1.82) is 0 Å². The minimum atomic E-state index is -0.485. The highest BCUT2D eigenvalue weighted by molar-refractivity contribution is 5.72. The van der Waals surface area contributed by atoms with E-state index in [4.69, 9.17) is 0 Å². The van der Waals surface area contributed by atoms with Crippen LogP contribution in [0.4, 0.5) is 0 Å². The highest BCUT2D eigenvalue weighted by Gasteiger charge is 2.21. The number of nitrogens with one attached hydrogen (secondary N) is 1. The second kappa shape index (κ2) is 6.63. The molecule has 1 aromatic carbocycles. The highest BCUT2D eigenvalue weighted by atomic mass is 16.2. The Hall–Kier alpha value is -3.42. The summed E-state index contributed by atoms with van der Waals surface area (Å²) >= 11 is 0. The van der Waals surface area contributed by atoms with Crippen LogP contribution in [0.15, 0.2) is 39.9 Å². The van der Waals surface area contributed by atoms with Crippen LogP contribution in [0.5, 0.6) is 0 Å². The van der Waals surface area contributed by atoms with Gasteiger partial charge in [-0.25, -0.2) is 9.48 Å². The van der Waals surface area contributed by atoms with Gasteiger partial charge in [-0.2, -0.15) is 10.1 Å². The van der Waals surface area contributed by atoms with Gasteiger partial charge in [0.15, 0.2) is 11.2 Å². The van der Waals surface area contributed by atoms with Crippen molar-refractivity contribution in [1.82, 2.24) is 28.9 Å². The summed E-state index contributed by atoms with van der Waals surface area (Å²) in [5.74, 6) is 0.534. The molecule has 8 nitrogen and oxygen atoms in total. The summed E-state index contributed by atoms with van der Waals surface area (Å²) in [5, 5.41) is 4.61. The standard InChI is InChI=1S/C20H22N6O2/c1-12-13(2)23-26(14(12)3)19-21-17-16(18(27)22-20(28)24(17)4)25(19)11-10-15-8-6-5-7-9-15/h5-9H,10-11H2,1-4H3,(H,22,27,28). The Bertz CT molecular complexity index is 1290. The molecule has 0 bridgehead atoms. The van der Waals surface area contributed by atoms with Gasteiger partial charge in [-0.1, -0.05) is 30.3 Å². The van der Waals surface area contributed by atoms with Crippen LogP contribution in [0.2, 0.25) is 0 Å². The summed E-state index contributed by atoms with van der Waals surface area (Å²) in [6.07, 6.45) is 0.722. The van der Waals surface area contributed by atoms with E-state index < -0.39 is 11.2 Å². The van der Waals surface area contributed by atoms with Crippen LogP contribution in [0.3, 0.4) is 0 Å². The summed E-state index contributed by atoms with van der Waals surface area (Å²) in [4.78, 5) is 31.7. The molecule has 0 fully saturated rings. The molecule has 0 amide bonds. The third-order valence-electron chi connectivity index (χ3n) is 5.30. The number of H-pyrrole nitrogens is 1. The third-order valence-corrected chi connectivity index (χ3v) is 5.30. The molecule has 0 unspecified atom stereocenters. The van der Waals surface area contributed by atoms with Crippen LogP contribution in [0.1, 0.15) is 22.5 Å². The van der Waals surface area contributed by atoms with Gasteiger partial charge < -0.3 is 4.57 Å². The maximum Gasteiger partial charge on any atom is 0.329 e. The second-order valence-corrected chi connectivity index (χ2v) is 7.00. The second-order valence-electron chi connectivity index (χ2n) is 7.00. The summed E-state index contributed by atoms with van der Waals surface area (Å²) in [5.41, 5.74) is 3.88. The zero-order valence-corrected chi connectivity index (χ0v) is 16.4. The number of aryl methyl sites for hydroxylation is 4. The molecule has 0 spiro atoms. The number of benzene rings is 1. The summed E-state index contributed by atoms with van der Waals surface area (Å²) in [6, 6.07) is 10.0. The number of nitrogens with zero attached hydrogens (tertiary/aromatic N) is 5. The number of aromatic amines is 1. The number of hydrogen-bond acceptors (Lipinski definition) is 4. The molecule has 0 aliphatic rings. The zero-order chi connectivity index (χ0) is 20.0. The van der Waals surface area contributed by atoms with Crippen molar-refractivity contribution in [3.05, 3.63) is 73.7 Å². The fourth-order valence-electron chi connectivity index (χ4n) is 3.40. The quantitative estimate of drug-likeness (QED) is 0.586.